The summed E-state index contributed by atoms with van der Waals surface area (Å²) >= 11 is 0. The molecule has 7 heteroatoms. The summed E-state index contributed by atoms with van der Waals surface area (Å²) in [6.07, 6.45) is 0.690. The van der Waals surface area contributed by atoms with Gasteiger partial charge in [0.25, 0.3) is 5.91 Å². The van der Waals surface area contributed by atoms with Gasteiger partial charge in [-0.05, 0) is 30.3 Å². The SMILES string of the molecule is CNC(=O)c1ccc(NC2CCOc3ccc(F)cc32)nn1. The smallest absolute Gasteiger partial charge is 0.271 e. The van der Waals surface area contributed by atoms with Crippen LogP contribution in [-0.2, 0) is 0 Å². The van der Waals surface area contributed by atoms with Crippen molar-refractivity contribution in [2.75, 3.05) is 19.0 Å². The number of fused-ring (bicyclic) bond motifs is 1. The van der Waals surface area contributed by atoms with Crippen molar-refractivity contribution >= 4 is 11.7 Å². The van der Waals surface area contributed by atoms with Gasteiger partial charge < -0.3 is 15.4 Å². The molecule has 3 rings (SSSR count). The molecule has 0 spiro atoms. The third kappa shape index (κ3) is 2.83. The first-order chi connectivity index (χ1) is 10.7. The van der Waals surface area contributed by atoms with Crippen LogP contribution in [0.5, 0.6) is 5.75 Å². The topological polar surface area (TPSA) is 76.1 Å². The Hall–Kier alpha value is -2.70. The summed E-state index contributed by atoms with van der Waals surface area (Å²) in [5.41, 5.74) is 0.995. The Balaban J connectivity index is 1.80. The zero-order chi connectivity index (χ0) is 15.5. The summed E-state index contributed by atoms with van der Waals surface area (Å²) in [6, 6.07) is 7.60. The molecule has 0 fully saturated rings. The Labute approximate surface area is 126 Å². The van der Waals surface area contributed by atoms with E-state index in [4.69, 9.17) is 4.74 Å². The minimum atomic E-state index is -0.308. The Morgan fingerprint density at radius 3 is 2.91 bits per heavy atom. The number of carbonyl (C=O) groups is 1. The van der Waals surface area contributed by atoms with E-state index in [0.717, 1.165) is 5.56 Å². The van der Waals surface area contributed by atoms with Crippen LogP contribution in [0.15, 0.2) is 30.3 Å². The number of carbonyl (C=O) groups excluding carboxylic acids is 1. The standard InChI is InChI=1S/C15H15FN4O2/c1-17-15(21)12-3-5-14(20-19-12)18-11-6-7-22-13-4-2-9(16)8-10(11)13/h2-5,8,11H,6-7H2,1H3,(H,17,21)(H,18,20). The molecule has 1 aliphatic heterocycles. The van der Waals surface area contributed by atoms with Crippen LogP contribution < -0.4 is 15.4 Å². The summed E-state index contributed by atoms with van der Waals surface area (Å²) in [5, 5.41) is 13.5. The molecule has 1 aromatic carbocycles. The predicted octanol–water partition coefficient (Wildman–Crippen LogP) is 1.91. The van der Waals surface area contributed by atoms with Gasteiger partial charge in [0, 0.05) is 19.0 Å². The van der Waals surface area contributed by atoms with E-state index in [1.54, 1.807) is 18.2 Å². The van der Waals surface area contributed by atoms with Gasteiger partial charge in [0.2, 0.25) is 0 Å². The molecule has 1 aromatic heterocycles. The largest absolute Gasteiger partial charge is 0.493 e. The molecule has 2 heterocycles. The number of hydrogen-bond donors (Lipinski definition) is 2. The highest BCUT2D eigenvalue weighted by molar-refractivity contribution is 5.91. The number of rotatable bonds is 3. The lowest BCUT2D eigenvalue weighted by Gasteiger charge is -2.26. The molecule has 0 saturated heterocycles. The Morgan fingerprint density at radius 2 is 2.18 bits per heavy atom. The van der Waals surface area contributed by atoms with Crippen molar-refractivity contribution in [1.82, 2.24) is 15.5 Å². The molecule has 0 radical (unpaired) electrons. The van der Waals surface area contributed by atoms with E-state index in [-0.39, 0.29) is 23.5 Å². The van der Waals surface area contributed by atoms with Gasteiger partial charge in [0.05, 0.1) is 12.6 Å². The number of halogens is 1. The summed E-state index contributed by atoms with van der Waals surface area (Å²) < 4.78 is 18.9. The van der Waals surface area contributed by atoms with Gasteiger partial charge >= 0.3 is 0 Å². The Kier molecular flexibility index (Phi) is 3.86. The molecule has 22 heavy (non-hydrogen) atoms. The third-order valence-corrected chi connectivity index (χ3v) is 3.46. The number of benzene rings is 1. The van der Waals surface area contributed by atoms with Crippen LogP contribution in [0.3, 0.4) is 0 Å². The lowest BCUT2D eigenvalue weighted by atomic mass is 10.0. The normalized spacial score (nSPS) is 16.4. The van der Waals surface area contributed by atoms with E-state index in [9.17, 15) is 9.18 Å². The summed E-state index contributed by atoms with van der Waals surface area (Å²) in [5.74, 6) is 0.587. The third-order valence-electron chi connectivity index (χ3n) is 3.46. The van der Waals surface area contributed by atoms with Crippen molar-refractivity contribution in [2.24, 2.45) is 0 Å². The quantitative estimate of drug-likeness (QED) is 0.906. The van der Waals surface area contributed by atoms with Crippen LogP contribution in [-0.4, -0.2) is 29.8 Å². The highest BCUT2D eigenvalue weighted by Gasteiger charge is 2.22. The van der Waals surface area contributed by atoms with Crippen molar-refractivity contribution in [3.63, 3.8) is 0 Å². The molecule has 1 amide bonds. The van der Waals surface area contributed by atoms with Crippen LogP contribution in [0, 0.1) is 5.82 Å². The molecular weight excluding hydrogens is 287 g/mol. The summed E-state index contributed by atoms with van der Waals surface area (Å²) in [7, 11) is 1.53. The van der Waals surface area contributed by atoms with Crippen molar-refractivity contribution < 1.29 is 13.9 Å². The van der Waals surface area contributed by atoms with E-state index in [0.29, 0.717) is 24.6 Å². The number of ether oxygens (including phenoxy) is 1. The minimum absolute atomic E-state index is 0.111. The van der Waals surface area contributed by atoms with Crippen molar-refractivity contribution in [2.45, 2.75) is 12.5 Å². The molecule has 6 nitrogen and oxygen atoms in total. The van der Waals surface area contributed by atoms with Gasteiger partial charge in [-0.1, -0.05) is 0 Å². The van der Waals surface area contributed by atoms with Gasteiger partial charge in [-0.3, -0.25) is 4.79 Å². The van der Waals surface area contributed by atoms with Crippen LogP contribution >= 0.6 is 0 Å². The number of nitrogens with one attached hydrogen (secondary N) is 2. The number of hydrogen-bond acceptors (Lipinski definition) is 5. The minimum Gasteiger partial charge on any atom is -0.493 e. The summed E-state index contributed by atoms with van der Waals surface area (Å²) in [4.78, 5) is 11.4. The molecule has 1 unspecified atom stereocenters. The van der Waals surface area contributed by atoms with Gasteiger partial charge in [-0.25, -0.2) is 4.39 Å². The maximum Gasteiger partial charge on any atom is 0.271 e. The lowest BCUT2D eigenvalue weighted by Crippen LogP contribution is -2.22. The van der Waals surface area contributed by atoms with Crippen LogP contribution in [0.1, 0.15) is 28.5 Å². The van der Waals surface area contributed by atoms with Crippen LogP contribution in [0.25, 0.3) is 0 Å². The lowest BCUT2D eigenvalue weighted by molar-refractivity contribution is 0.0957. The monoisotopic (exact) mass is 302 g/mol. The second-order valence-corrected chi connectivity index (χ2v) is 4.90. The van der Waals surface area contributed by atoms with Gasteiger partial charge in [0.1, 0.15) is 17.4 Å². The fourth-order valence-corrected chi connectivity index (χ4v) is 2.35. The second kappa shape index (κ2) is 5.97. The van der Waals surface area contributed by atoms with E-state index < -0.39 is 0 Å². The molecule has 2 aromatic rings. The van der Waals surface area contributed by atoms with Gasteiger partial charge in [-0.15, -0.1) is 10.2 Å². The van der Waals surface area contributed by atoms with E-state index in [1.807, 2.05) is 0 Å². The molecule has 0 bridgehead atoms. The maximum absolute atomic E-state index is 13.4. The zero-order valence-corrected chi connectivity index (χ0v) is 12.0. The first-order valence-corrected chi connectivity index (χ1v) is 6.92. The number of amides is 1. The fourth-order valence-electron chi connectivity index (χ4n) is 2.35. The fraction of sp³-hybridized carbons (Fsp3) is 0.267. The van der Waals surface area contributed by atoms with Crippen molar-refractivity contribution in [3.05, 3.63) is 47.4 Å². The number of nitrogens with zero attached hydrogens (tertiary/aromatic N) is 2. The maximum atomic E-state index is 13.4. The molecular formula is C15H15FN4O2. The van der Waals surface area contributed by atoms with Crippen molar-refractivity contribution in [1.29, 1.82) is 0 Å². The first-order valence-electron chi connectivity index (χ1n) is 6.92. The average molecular weight is 302 g/mol. The van der Waals surface area contributed by atoms with E-state index >= 15 is 0 Å². The number of aromatic nitrogens is 2. The van der Waals surface area contributed by atoms with Gasteiger partial charge in [-0.2, -0.15) is 0 Å². The molecule has 0 saturated carbocycles. The molecule has 1 aliphatic rings. The van der Waals surface area contributed by atoms with Gasteiger partial charge in [0.15, 0.2) is 5.69 Å². The highest BCUT2D eigenvalue weighted by Crippen LogP contribution is 2.34. The molecule has 0 aliphatic carbocycles. The molecule has 1 atom stereocenters. The van der Waals surface area contributed by atoms with Crippen LogP contribution in [0.2, 0.25) is 0 Å². The first kappa shape index (κ1) is 14.2. The summed E-state index contributed by atoms with van der Waals surface area (Å²) in [6.45, 7) is 0.542. The highest BCUT2D eigenvalue weighted by atomic mass is 19.1. The Bertz CT molecular complexity index is 690. The van der Waals surface area contributed by atoms with E-state index in [2.05, 4.69) is 20.8 Å². The average Bonchev–Trinajstić information content (AvgIpc) is 2.55. The van der Waals surface area contributed by atoms with Crippen molar-refractivity contribution in [3.8, 4) is 5.75 Å². The Morgan fingerprint density at radius 1 is 1.32 bits per heavy atom. The predicted molar refractivity (Wildman–Crippen MR) is 78.3 cm³/mol. The van der Waals surface area contributed by atoms with E-state index in [1.165, 1.54) is 19.2 Å². The molecule has 2 N–H and O–H groups in total. The molecule has 114 valence electrons. The zero-order valence-electron chi connectivity index (χ0n) is 12.0. The second-order valence-electron chi connectivity index (χ2n) is 4.90. The van der Waals surface area contributed by atoms with Crippen LogP contribution in [0.4, 0.5) is 10.2 Å². The number of anilines is 1.